The number of anilines is 2. The summed E-state index contributed by atoms with van der Waals surface area (Å²) in [5.74, 6) is 1.37. The first-order chi connectivity index (χ1) is 12.1. The Bertz CT molecular complexity index is 746. The molecule has 132 valence electrons. The van der Waals surface area contributed by atoms with Crippen molar-refractivity contribution < 1.29 is 14.3 Å². The number of benzene rings is 1. The molecule has 1 saturated heterocycles. The Morgan fingerprint density at radius 3 is 2.56 bits per heavy atom. The summed E-state index contributed by atoms with van der Waals surface area (Å²) in [6.07, 6.45) is 2.85. The number of nitrogens with zero attached hydrogens (tertiary/aromatic N) is 3. The predicted octanol–water partition coefficient (Wildman–Crippen LogP) is 3.00. The Kier molecular flexibility index (Phi) is 5.37. The van der Waals surface area contributed by atoms with Crippen molar-refractivity contribution in [3.8, 4) is 11.6 Å². The van der Waals surface area contributed by atoms with E-state index in [-0.39, 0.29) is 11.9 Å². The Morgan fingerprint density at radius 2 is 1.92 bits per heavy atom. The van der Waals surface area contributed by atoms with E-state index in [1.165, 1.54) is 13.4 Å². The van der Waals surface area contributed by atoms with Crippen LogP contribution in [-0.2, 0) is 9.53 Å². The lowest BCUT2D eigenvalue weighted by Gasteiger charge is -2.32. The van der Waals surface area contributed by atoms with Gasteiger partial charge in [0.05, 0.1) is 13.0 Å². The molecule has 8 heteroatoms. The van der Waals surface area contributed by atoms with Crippen LogP contribution in [0, 0.1) is 5.92 Å². The van der Waals surface area contributed by atoms with E-state index in [0.717, 1.165) is 4.47 Å². The number of nitrogens with two attached hydrogens (primary N) is 1. The fourth-order valence-electron chi connectivity index (χ4n) is 2.81. The van der Waals surface area contributed by atoms with Gasteiger partial charge in [-0.1, -0.05) is 15.9 Å². The van der Waals surface area contributed by atoms with Gasteiger partial charge in [-0.2, -0.15) is 4.98 Å². The van der Waals surface area contributed by atoms with Crippen molar-refractivity contribution in [2.45, 2.75) is 12.8 Å². The normalized spacial score (nSPS) is 15.0. The molecule has 0 amide bonds. The molecule has 0 bridgehead atoms. The molecule has 25 heavy (non-hydrogen) atoms. The highest BCUT2D eigenvalue weighted by molar-refractivity contribution is 9.10. The maximum Gasteiger partial charge on any atom is 0.308 e. The number of hydrogen-bond donors (Lipinski definition) is 1. The monoisotopic (exact) mass is 406 g/mol. The molecular weight excluding hydrogens is 388 g/mol. The first kappa shape index (κ1) is 17.5. The van der Waals surface area contributed by atoms with Gasteiger partial charge < -0.3 is 20.1 Å². The molecule has 1 aromatic heterocycles. The molecule has 0 aliphatic carbocycles. The van der Waals surface area contributed by atoms with Gasteiger partial charge in [0.2, 0.25) is 5.88 Å². The largest absolute Gasteiger partial charge is 0.469 e. The second-order valence-corrected chi connectivity index (χ2v) is 6.67. The molecule has 0 unspecified atom stereocenters. The van der Waals surface area contributed by atoms with Crippen LogP contribution in [0.4, 0.5) is 11.5 Å². The Hall–Kier alpha value is -2.35. The molecule has 1 aliphatic rings. The Labute approximate surface area is 154 Å². The maximum absolute atomic E-state index is 11.6. The van der Waals surface area contributed by atoms with E-state index >= 15 is 0 Å². The van der Waals surface area contributed by atoms with Crippen molar-refractivity contribution in [2.24, 2.45) is 5.92 Å². The van der Waals surface area contributed by atoms with Gasteiger partial charge in [0.25, 0.3) is 0 Å². The summed E-state index contributed by atoms with van der Waals surface area (Å²) in [5.41, 5.74) is 6.61. The van der Waals surface area contributed by atoms with E-state index in [0.29, 0.717) is 49.1 Å². The van der Waals surface area contributed by atoms with Crippen molar-refractivity contribution in [2.75, 3.05) is 30.8 Å². The molecular formula is C17H19BrN4O3. The van der Waals surface area contributed by atoms with Crippen LogP contribution in [0.25, 0.3) is 0 Å². The van der Waals surface area contributed by atoms with Crippen molar-refractivity contribution >= 4 is 33.4 Å². The minimum Gasteiger partial charge on any atom is -0.469 e. The number of esters is 1. The second kappa shape index (κ2) is 7.69. The summed E-state index contributed by atoms with van der Waals surface area (Å²) in [7, 11) is 1.42. The summed E-state index contributed by atoms with van der Waals surface area (Å²) in [6, 6.07) is 7.41. The minimum absolute atomic E-state index is 0.0669. The molecule has 0 atom stereocenters. The van der Waals surface area contributed by atoms with Crippen LogP contribution in [0.15, 0.2) is 35.1 Å². The highest BCUT2D eigenvalue weighted by Crippen LogP contribution is 2.33. The van der Waals surface area contributed by atoms with E-state index < -0.39 is 0 Å². The smallest absolute Gasteiger partial charge is 0.308 e. The van der Waals surface area contributed by atoms with E-state index in [1.54, 1.807) is 0 Å². The second-order valence-electron chi connectivity index (χ2n) is 5.76. The fourth-order valence-corrected chi connectivity index (χ4v) is 3.08. The number of ether oxygens (including phenoxy) is 2. The molecule has 1 fully saturated rings. The number of methoxy groups -OCH3 is 1. The number of nitrogen functional groups attached to an aromatic ring is 1. The van der Waals surface area contributed by atoms with E-state index in [1.807, 2.05) is 29.2 Å². The SMILES string of the molecule is COC(=O)C1CCN(c2ncnc(Oc3ccc(Br)cc3)c2N)CC1. The molecule has 0 radical (unpaired) electrons. The van der Waals surface area contributed by atoms with Gasteiger partial charge in [-0.3, -0.25) is 4.79 Å². The number of carbonyl (C=O) groups excluding carboxylic acids is 1. The van der Waals surface area contributed by atoms with Crippen LogP contribution in [-0.4, -0.2) is 36.1 Å². The highest BCUT2D eigenvalue weighted by Gasteiger charge is 2.27. The summed E-state index contributed by atoms with van der Waals surface area (Å²) < 4.78 is 11.6. The summed E-state index contributed by atoms with van der Waals surface area (Å²) in [5, 5.41) is 0. The molecule has 0 saturated carbocycles. The van der Waals surface area contributed by atoms with Gasteiger partial charge in [-0.15, -0.1) is 0 Å². The van der Waals surface area contributed by atoms with Gasteiger partial charge in [-0.25, -0.2) is 4.98 Å². The lowest BCUT2D eigenvalue weighted by Crippen LogP contribution is -2.37. The molecule has 2 aromatic rings. The van der Waals surface area contributed by atoms with Crippen LogP contribution in [0.3, 0.4) is 0 Å². The van der Waals surface area contributed by atoms with Crippen LogP contribution in [0.2, 0.25) is 0 Å². The Morgan fingerprint density at radius 1 is 1.24 bits per heavy atom. The molecule has 1 aromatic carbocycles. The number of rotatable bonds is 4. The zero-order chi connectivity index (χ0) is 17.8. The predicted molar refractivity (Wildman–Crippen MR) is 97.6 cm³/mol. The topological polar surface area (TPSA) is 90.6 Å². The number of hydrogen-bond acceptors (Lipinski definition) is 7. The summed E-state index contributed by atoms with van der Waals surface area (Å²) in [4.78, 5) is 22.1. The first-order valence-corrected chi connectivity index (χ1v) is 8.74. The van der Waals surface area contributed by atoms with Gasteiger partial charge in [0, 0.05) is 17.6 Å². The lowest BCUT2D eigenvalue weighted by atomic mass is 9.97. The highest BCUT2D eigenvalue weighted by atomic mass is 79.9. The third-order valence-electron chi connectivity index (χ3n) is 4.18. The van der Waals surface area contributed by atoms with Gasteiger partial charge in [0.1, 0.15) is 17.8 Å². The third kappa shape index (κ3) is 4.01. The third-order valence-corrected chi connectivity index (χ3v) is 4.71. The van der Waals surface area contributed by atoms with Crippen molar-refractivity contribution in [1.82, 2.24) is 9.97 Å². The molecule has 2 heterocycles. The molecule has 7 nitrogen and oxygen atoms in total. The van der Waals surface area contributed by atoms with Gasteiger partial charge in [0.15, 0.2) is 5.82 Å². The minimum atomic E-state index is -0.158. The quantitative estimate of drug-likeness (QED) is 0.780. The van der Waals surface area contributed by atoms with Gasteiger partial charge >= 0.3 is 5.97 Å². The van der Waals surface area contributed by atoms with Crippen LogP contribution in [0.1, 0.15) is 12.8 Å². The van der Waals surface area contributed by atoms with Crippen molar-refractivity contribution in [3.05, 3.63) is 35.1 Å². The summed E-state index contributed by atoms with van der Waals surface area (Å²) in [6.45, 7) is 1.36. The summed E-state index contributed by atoms with van der Waals surface area (Å²) >= 11 is 3.38. The standard InChI is InChI=1S/C17H19BrN4O3/c1-24-17(23)11-6-8-22(9-7-11)15-14(19)16(21-10-20-15)25-13-4-2-12(18)3-5-13/h2-5,10-11H,6-9,19H2,1H3. The average Bonchev–Trinajstić information content (AvgIpc) is 2.65. The van der Waals surface area contributed by atoms with Crippen LogP contribution >= 0.6 is 15.9 Å². The number of halogens is 1. The number of carbonyl (C=O) groups is 1. The number of aromatic nitrogens is 2. The van der Waals surface area contributed by atoms with Crippen molar-refractivity contribution in [1.29, 1.82) is 0 Å². The zero-order valence-corrected chi connectivity index (χ0v) is 15.4. The Balaban J connectivity index is 1.73. The fraction of sp³-hybridized carbons (Fsp3) is 0.353. The van der Waals surface area contributed by atoms with Crippen LogP contribution in [0.5, 0.6) is 11.6 Å². The molecule has 0 spiro atoms. The molecule has 3 rings (SSSR count). The average molecular weight is 407 g/mol. The maximum atomic E-state index is 11.6. The molecule has 2 N–H and O–H groups in total. The lowest BCUT2D eigenvalue weighted by molar-refractivity contribution is -0.146. The van der Waals surface area contributed by atoms with E-state index in [9.17, 15) is 4.79 Å². The van der Waals surface area contributed by atoms with Crippen LogP contribution < -0.4 is 15.4 Å². The van der Waals surface area contributed by atoms with Crippen molar-refractivity contribution in [3.63, 3.8) is 0 Å². The van der Waals surface area contributed by atoms with Gasteiger partial charge in [-0.05, 0) is 37.1 Å². The van der Waals surface area contributed by atoms with E-state index in [2.05, 4.69) is 25.9 Å². The van der Waals surface area contributed by atoms with E-state index in [4.69, 9.17) is 15.2 Å². The molecule has 1 aliphatic heterocycles. The zero-order valence-electron chi connectivity index (χ0n) is 13.8. The first-order valence-electron chi connectivity index (χ1n) is 7.95. The number of piperidine rings is 1.